The molecule has 0 heterocycles. The number of rotatable bonds is 10. The smallest absolute Gasteiger partial charge is 0.243 e. The Morgan fingerprint density at radius 3 is 2.06 bits per heavy atom. The number of hydrogen-bond acceptors (Lipinski definition) is 3. The molecule has 0 aromatic heterocycles. The SMILES string of the molecule is CC(C)(C)NC(=O)C(Cc1ccccc1)N(Cc1cccc(Cl)c1)C(=O)CSCc1cccc(Cl)c1. The van der Waals surface area contributed by atoms with E-state index in [9.17, 15) is 9.59 Å². The topological polar surface area (TPSA) is 49.4 Å². The summed E-state index contributed by atoms with van der Waals surface area (Å²) >= 11 is 13.8. The molecule has 1 atom stereocenters. The van der Waals surface area contributed by atoms with Crippen molar-refractivity contribution >= 4 is 46.8 Å². The van der Waals surface area contributed by atoms with Crippen molar-refractivity contribution in [2.24, 2.45) is 0 Å². The first kappa shape index (κ1) is 28.1. The number of carbonyl (C=O) groups excluding carboxylic acids is 2. The van der Waals surface area contributed by atoms with Crippen LogP contribution in [0.5, 0.6) is 0 Å². The zero-order valence-corrected chi connectivity index (χ0v) is 23.2. The highest BCUT2D eigenvalue weighted by atomic mass is 35.5. The van der Waals surface area contributed by atoms with Gasteiger partial charge >= 0.3 is 0 Å². The molecule has 7 heteroatoms. The minimum absolute atomic E-state index is 0.105. The number of thioether (sulfide) groups is 1. The standard InChI is InChI=1S/C29H32Cl2N2O2S/c1-29(2,3)32-28(35)26(17-21-9-5-4-6-10-21)33(18-22-11-7-13-24(30)15-22)27(34)20-36-19-23-12-8-14-25(31)16-23/h4-16,26H,17-20H2,1-3H3,(H,32,35). The third kappa shape index (κ3) is 9.20. The molecule has 3 rings (SSSR count). The van der Waals surface area contributed by atoms with E-state index in [4.69, 9.17) is 23.2 Å². The molecule has 0 saturated heterocycles. The molecule has 0 aliphatic carbocycles. The Kier molecular flexibility index (Phi) is 10.3. The van der Waals surface area contributed by atoms with Crippen LogP contribution in [0.4, 0.5) is 0 Å². The summed E-state index contributed by atoms with van der Waals surface area (Å²) in [5, 5.41) is 4.34. The Morgan fingerprint density at radius 1 is 0.861 bits per heavy atom. The van der Waals surface area contributed by atoms with Crippen LogP contribution in [0.25, 0.3) is 0 Å². The van der Waals surface area contributed by atoms with Gasteiger partial charge in [-0.2, -0.15) is 0 Å². The highest BCUT2D eigenvalue weighted by Crippen LogP contribution is 2.21. The van der Waals surface area contributed by atoms with Crippen molar-refractivity contribution in [2.45, 2.75) is 51.1 Å². The van der Waals surface area contributed by atoms with Crippen LogP contribution in [0.3, 0.4) is 0 Å². The Hall–Kier alpha value is -2.47. The molecule has 3 aromatic carbocycles. The first-order valence-electron chi connectivity index (χ1n) is 11.8. The summed E-state index contributed by atoms with van der Waals surface area (Å²) < 4.78 is 0. The van der Waals surface area contributed by atoms with E-state index in [1.54, 1.807) is 11.0 Å². The van der Waals surface area contributed by atoms with E-state index < -0.39 is 11.6 Å². The molecule has 0 bridgehead atoms. The minimum atomic E-state index is -0.676. The van der Waals surface area contributed by atoms with Crippen LogP contribution < -0.4 is 5.32 Å². The summed E-state index contributed by atoms with van der Waals surface area (Å²) in [4.78, 5) is 28.9. The monoisotopic (exact) mass is 542 g/mol. The number of hydrogen-bond donors (Lipinski definition) is 1. The molecule has 36 heavy (non-hydrogen) atoms. The van der Waals surface area contributed by atoms with E-state index in [0.717, 1.165) is 16.7 Å². The van der Waals surface area contributed by atoms with E-state index in [1.165, 1.54) is 11.8 Å². The van der Waals surface area contributed by atoms with Crippen molar-refractivity contribution in [2.75, 3.05) is 5.75 Å². The van der Waals surface area contributed by atoms with Crippen LogP contribution in [0.2, 0.25) is 10.0 Å². The van der Waals surface area contributed by atoms with Crippen molar-refractivity contribution in [1.29, 1.82) is 0 Å². The summed E-state index contributed by atoms with van der Waals surface area (Å²) in [5.41, 5.74) is 2.48. The predicted octanol–water partition coefficient (Wildman–Crippen LogP) is 6.78. The first-order chi connectivity index (χ1) is 17.1. The fraction of sp³-hybridized carbons (Fsp3) is 0.310. The molecule has 0 saturated carbocycles. The van der Waals surface area contributed by atoms with Crippen molar-refractivity contribution in [3.05, 3.63) is 106 Å². The van der Waals surface area contributed by atoms with Crippen molar-refractivity contribution < 1.29 is 9.59 Å². The van der Waals surface area contributed by atoms with Gasteiger partial charge in [0.1, 0.15) is 6.04 Å². The Morgan fingerprint density at radius 2 is 1.44 bits per heavy atom. The van der Waals surface area contributed by atoms with Crippen LogP contribution in [0.1, 0.15) is 37.5 Å². The fourth-order valence-corrected chi connectivity index (χ4v) is 5.09. The molecule has 1 N–H and O–H groups in total. The lowest BCUT2D eigenvalue weighted by molar-refractivity contribution is -0.140. The number of nitrogens with one attached hydrogen (secondary N) is 1. The molecule has 0 aliphatic rings. The van der Waals surface area contributed by atoms with E-state index in [0.29, 0.717) is 22.2 Å². The zero-order valence-electron chi connectivity index (χ0n) is 20.8. The maximum absolute atomic E-state index is 13.7. The summed E-state index contributed by atoms with van der Waals surface area (Å²) in [5.74, 6) is 0.601. The Labute approximate surface area is 228 Å². The maximum Gasteiger partial charge on any atom is 0.243 e. The van der Waals surface area contributed by atoms with Crippen LogP contribution in [0, 0.1) is 0 Å². The number of benzene rings is 3. The van der Waals surface area contributed by atoms with Crippen molar-refractivity contribution in [3.63, 3.8) is 0 Å². The lowest BCUT2D eigenvalue weighted by atomic mass is 10.0. The van der Waals surface area contributed by atoms with E-state index in [1.807, 2.05) is 93.6 Å². The lowest BCUT2D eigenvalue weighted by Crippen LogP contribution is -2.54. The van der Waals surface area contributed by atoms with Gasteiger partial charge in [-0.05, 0) is 61.7 Å². The van der Waals surface area contributed by atoms with E-state index in [2.05, 4.69) is 5.32 Å². The number of halogens is 2. The van der Waals surface area contributed by atoms with Crippen LogP contribution >= 0.6 is 35.0 Å². The lowest BCUT2D eigenvalue weighted by Gasteiger charge is -2.34. The summed E-state index contributed by atoms with van der Waals surface area (Å²) in [6.07, 6.45) is 0.411. The zero-order chi connectivity index (χ0) is 26.1. The maximum atomic E-state index is 13.7. The third-order valence-corrected chi connectivity index (χ3v) is 6.85. The van der Waals surface area contributed by atoms with Crippen molar-refractivity contribution in [1.82, 2.24) is 10.2 Å². The largest absolute Gasteiger partial charge is 0.350 e. The number of nitrogens with zero attached hydrogens (tertiary/aromatic N) is 1. The molecule has 0 fully saturated rings. The highest BCUT2D eigenvalue weighted by molar-refractivity contribution is 7.99. The molecular formula is C29H32Cl2N2O2S. The highest BCUT2D eigenvalue weighted by Gasteiger charge is 2.32. The van der Waals surface area contributed by atoms with Gasteiger partial charge in [-0.1, -0.05) is 77.8 Å². The van der Waals surface area contributed by atoms with Crippen LogP contribution in [0.15, 0.2) is 78.9 Å². The molecule has 0 aliphatic heterocycles. The number of amides is 2. The van der Waals surface area contributed by atoms with Gasteiger partial charge in [0.2, 0.25) is 11.8 Å². The summed E-state index contributed by atoms with van der Waals surface area (Å²) in [6, 6.07) is 24.1. The molecule has 2 amide bonds. The van der Waals surface area contributed by atoms with Crippen LogP contribution in [-0.2, 0) is 28.3 Å². The Balaban J connectivity index is 1.87. The van der Waals surface area contributed by atoms with Crippen molar-refractivity contribution in [3.8, 4) is 0 Å². The normalized spacial score (nSPS) is 12.1. The molecule has 190 valence electrons. The second kappa shape index (κ2) is 13.2. The van der Waals surface area contributed by atoms with Gasteiger partial charge in [0.15, 0.2) is 0 Å². The predicted molar refractivity (Wildman–Crippen MR) is 151 cm³/mol. The Bertz CT molecular complexity index is 1170. The average molecular weight is 544 g/mol. The molecule has 0 radical (unpaired) electrons. The molecular weight excluding hydrogens is 511 g/mol. The average Bonchev–Trinajstić information content (AvgIpc) is 2.81. The molecule has 4 nitrogen and oxygen atoms in total. The molecule has 0 spiro atoms. The quantitative estimate of drug-likeness (QED) is 0.307. The first-order valence-corrected chi connectivity index (χ1v) is 13.7. The number of carbonyl (C=O) groups is 2. The molecule has 1 unspecified atom stereocenters. The second-order valence-electron chi connectivity index (χ2n) is 9.72. The fourth-order valence-electron chi connectivity index (χ4n) is 3.80. The van der Waals surface area contributed by atoms with Crippen LogP contribution in [-0.4, -0.2) is 34.0 Å². The van der Waals surface area contributed by atoms with Gasteiger partial charge in [-0.25, -0.2) is 0 Å². The van der Waals surface area contributed by atoms with E-state index in [-0.39, 0.29) is 24.1 Å². The molecule has 3 aromatic rings. The van der Waals surface area contributed by atoms with Gasteiger partial charge in [0.05, 0.1) is 5.75 Å². The second-order valence-corrected chi connectivity index (χ2v) is 11.6. The minimum Gasteiger partial charge on any atom is -0.350 e. The van der Waals surface area contributed by atoms with Gasteiger partial charge < -0.3 is 10.2 Å². The third-order valence-electron chi connectivity index (χ3n) is 5.39. The van der Waals surface area contributed by atoms with Gasteiger partial charge in [0.25, 0.3) is 0 Å². The summed E-state index contributed by atoms with van der Waals surface area (Å²) in [6.45, 7) is 6.10. The van der Waals surface area contributed by atoms with E-state index >= 15 is 0 Å². The summed E-state index contributed by atoms with van der Waals surface area (Å²) in [7, 11) is 0. The van der Waals surface area contributed by atoms with Gasteiger partial charge in [-0.15, -0.1) is 11.8 Å². The van der Waals surface area contributed by atoms with Gasteiger partial charge in [-0.3, -0.25) is 9.59 Å². The van der Waals surface area contributed by atoms with Gasteiger partial charge in [0, 0.05) is 34.3 Å².